The van der Waals surface area contributed by atoms with Crippen molar-refractivity contribution >= 4 is 56.4 Å². The molecule has 2 aromatic carbocycles. The lowest BCUT2D eigenvalue weighted by atomic mass is 10.0. The first-order chi connectivity index (χ1) is 10.1. The topological polar surface area (TPSA) is 12.0 Å². The van der Waals surface area contributed by atoms with Crippen LogP contribution >= 0.6 is 50.7 Å². The highest BCUT2D eigenvalue weighted by Crippen LogP contribution is 2.45. The predicted molar refractivity (Wildman–Crippen MR) is 94.7 cm³/mol. The van der Waals surface area contributed by atoms with Crippen molar-refractivity contribution in [1.29, 1.82) is 0 Å². The van der Waals surface area contributed by atoms with E-state index in [0.29, 0.717) is 16.0 Å². The van der Waals surface area contributed by atoms with Gasteiger partial charge in [0.1, 0.15) is 0 Å². The van der Waals surface area contributed by atoms with Gasteiger partial charge >= 0.3 is 0 Å². The van der Waals surface area contributed by atoms with Crippen molar-refractivity contribution in [3.05, 3.63) is 61.5 Å². The van der Waals surface area contributed by atoms with Crippen LogP contribution < -0.4 is 5.32 Å². The normalized spacial score (nSPS) is 15.8. The quantitative estimate of drug-likeness (QED) is 0.542. The van der Waals surface area contributed by atoms with E-state index in [1.54, 1.807) is 0 Å². The average molecular weight is 406 g/mol. The van der Waals surface area contributed by atoms with Crippen LogP contribution in [0.3, 0.4) is 0 Å². The van der Waals surface area contributed by atoms with Crippen molar-refractivity contribution in [1.82, 2.24) is 0 Å². The third-order valence-electron chi connectivity index (χ3n) is 3.67. The highest BCUT2D eigenvalue weighted by molar-refractivity contribution is 9.10. The number of rotatable bonds is 4. The summed E-state index contributed by atoms with van der Waals surface area (Å²) >= 11 is 21.9. The van der Waals surface area contributed by atoms with E-state index >= 15 is 0 Å². The first-order valence-corrected chi connectivity index (χ1v) is 8.64. The van der Waals surface area contributed by atoms with Gasteiger partial charge in [0.15, 0.2) is 0 Å². The first kappa shape index (κ1) is 15.5. The maximum absolute atomic E-state index is 6.33. The van der Waals surface area contributed by atoms with Gasteiger partial charge in [-0.15, -0.1) is 0 Å². The molecule has 0 radical (unpaired) electrons. The van der Waals surface area contributed by atoms with Gasteiger partial charge in [0, 0.05) is 9.50 Å². The van der Waals surface area contributed by atoms with Gasteiger partial charge in [0.25, 0.3) is 0 Å². The summed E-state index contributed by atoms with van der Waals surface area (Å²) in [6, 6.07) is 12.1. The highest BCUT2D eigenvalue weighted by Gasteiger charge is 2.32. The van der Waals surface area contributed by atoms with E-state index in [9.17, 15) is 0 Å². The summed E-state index contributed by atoms with van der Waals surface area (Å²) < 4.78 is 0.800. The minimum absolute atomic E-state index is 0.233. The molecule has 110 valence electrons. The zero-order valence-electron chi connectivity index (χ0n) is 11.0. The number of anilines is 1. The molecule has 0 aromatic heterocycles. The van der Waals surface area contributed by atoms with E-state index < -0.39 is 0 Å². The fourth-order valence-electron chi connectivity index (χ4n) is 2.38. The van der Waals surface area contributed by atoms with Crippen LogP contribution in [0.1, 0.15) is 24.4 Å². The van der Waals surface area contributed by atoms with Crippen molar-refractivity contribution in [2.75, 3.05) is 5.32 Å². The molecule has 0 saturated heterocycles. The van der Waals surface area contributed by atoms with Crippen LogP contribution in [-0.4, -0.2) is 0 Å². The van der Waals surface area contributed by atoms with Gasteiger partial charge in [-0.3, -0.25) is 0 Å². The summed E-state index contributed by atoms with van der Waals surface area (Å²) in [5.41, 5.74) is 2.08. The van der Waals surface area contributed by atoms with Crippen molar-refractivity contribution in [3.63, 3.8) is 0 Å². The SMILES string of the molecule is Clc1ccc(C(Nc2ccc(Br)c(Cl)c2Cl)C2CC2)cc1. The molecule has 5 heteroatoms. The minimum Gasteiger partial charge on any atom is -0.377 e. The molecule has 1 aliphatic carbocycles. The Labute approximate surface area is 147 Å². The smallest absolute Gasteiger partial charge is 0.0835 e. The van der Waals surface area contributed by atoms with Crippen LogP contribution in [0.25, 0.3) is 0 Å². The van der Waals surface area contributed by atoms with E-state index in [2.05, 4.69) is 33.4 Å². The number of hydrogen-bond donors (Lipinski definition) is 1. The van der Waals surface area contributed by atoms with Crippen LogP contribution in [0.2, 0.25) is 15.1 Å². The lowest BCUT2D eigenvalue weighted by molar-refractivity contribution is 0.679. The molecule has 1 saturated carbocycles. The molecule has 1 fully saturated rings. The molecule has 1 N–H and O–H groups in total. The van der Waals surface area contributed by atoms with Gasteiger partial charge in [-0.05, 0) is 64.5 Å². The molecule has 0 bridgehead atoms. The molecule has 21 heavy (non-hydrogen) atoms. The molecule has 0 spiro atoms. The van der Waals surface area contributed by atoms with E-state index in [4.69, 9.17) is 34.8 Å². The van der Waals surface area contributed by atoms with E-state index in [1.807, 2.05) is 24.3 Å². The second kappa shape index (κ2) is 6.37. The monoisotopic (exact) mass is 403 g/mol. The Morgan fingerprint density at radius 2 is 1.62 bits per heavy atom. The van der Waals surface area contributed by atoms with Crippen molar-refractivity contribution in [2.45, 2.75) is 18.9 Å². The van der Waals surface area contributed by atoms with Crippen LogP contribution in [0.5, 0.6) is 0 Å². The van der Waals surface area contributed by atoms with Gasteiger partial charge in [-0.2, -0.15) is 0 Å². The largest absolute Gasteiger partial charge is 0.377 e. The lowest BCUT2D eigenvalue weighted by Crippen LogP contribution is -2.13. The number of nitrogens with one attached hydrogen (secondary N) is 1. The molecule has 1 unspecified atom stereocenters. The van der Waals surface area contributed by atoms with Crippen LogP contribution in [0.4, 0.5) is 5.69 Å². The molecule has 3 rings (SSSR count). The van der Waals surface area contributed by atoms with Crippen molar-refractivity contribution in [3.8, 4) is 0 Å². The van der Waals surface area contributed by atoms with E-state index in [0.717, 1.165) is 15.2 Å². The maximum Gasteiger partial charge on any atom is 0.0835 e. The molecule has 2 aromatic rings. The summed E-state index contributed by atoms with van der Waals surface area (Å²) in [4.78, 5) is 0. The van der Waals surface area contributed by atoms with E-state index in [1.165, 1.54) is 18.4 Å². The predicted octanol–water partition coefficient (Wildman–Crippen LogP) is 6.97. The second-order valence-corrected chi connectivity index (χ2v) is 7.28. The molecule has 1 atom stereocenters. The van der Waals surface area contributed by atoms with Gasteiger partial charge < -0.3 is 5.32 Å². The fraction of sp³-hybridized carbons (Fsp3) is 0.250. The number of halogens is 4. The Morgan fingerprint density at radius 1 is 0.952 bits per heavy atom. The Bertz CT molecular complexity index is 653. The average Bonchev–Trinajstić information content (AvgIpc) is 3.30. The van der Waals surface area contributed by atoms with Crippen molar-refractivity contribution < 1.29 is 0 Å². The zero-order chi connectivity index (χ0) is 15.0. The van der Waals surface area contributed by atoms with E-state index in [-0.39, 0.29) is 6.04 Å². The standard InChI is InChI=1S/C16H13BrCl3N/c17-12-7-8-13(15(20)14(12)19)21-16(9-1-2-9)10-3-5-11(18)6-4-10/h3-9,16,21H,1-2H2. The summed E-state index contributed by atoms with van der Waals surface area (Å²) in [6.07, 6.45) is 2.45. The van der Waals surface area contributed by atoms with Crippen LogP contribution in [0, 0.1) is 5.92 Å². The molecular weight excluding hydrogens is 392 g/mol. The summed E-state index contributed by atoms with van der Waals surface area (Å²) in [6.45, 7) is 0. The van der Waals surface area contributed by atoms with Crippen molar-refractivity contribution in [2.24, 2.45) is 5.92 Å². The molecule has 0 amide bonds. The Kier molecular flexibility index (Phi) is 4.70. The third kappa shape index (κ3) is 3.50. The van der Waals surface area contributed by atoms with Crippen LogP contribution in [-0.2, 0) is 0 Å². The Balaban J connectivity index is 1.89. The summed E-state index contributed by atoms with van der Waals surface area (Å²) in [5.74, 6) is 0.629. The Morgan fingerprint density at radius 3 is 2.24 bits per heavy atom. The molecule has 1 nitrogen and oxygen atoms in total. The zero-order valence-corrected chi connectivity index (χ0v) is 14.9. The minimum atomic E-state index is 0.233. The molecular formula is C16H13BrCl3N. The highest BCUT2D eigenvalue weighted by atomic mass is 79.9. The number of hydrogen-bond acceptors (Lipinski definition) is 1. The van der Waals surface area contributed by atoms with Gasteiger partial charge in [0.05, 0.1) is 21.8 Å². The summed E-state index contributed by atoms with van der Waals surface area (Å²) in [7, 11) is 0. The fourth-order valence-corrected chi connectivity index (χ4v) is 3.33. The van der Waals surface area contributed by atoms with Gasteiger partial charge in [-0.25, -0.2) is 0 Å². The van der Waals surface area contributed by atoms with Gasteiger partial charge in [-0.1, -0.05) is 46.9 Å². The molecule has 0 heterocycles. The lowest BCUT2D eigenvalue weighted by Gasteiger charge is -2.21. The van der Waals surface area contributed by atoms with Gasteiger partial charge in [0.2, 0.25) is 0 Å². The maximum atomic E-state index is 6.33. The first-order valence-electron chi connectivity index (χ1n) is 6.72. The summed E-state index contributed by atoms with van der Waals surface area (Å²) in [5, 5.41) is 5.36. The molecule has 0 aliphatic heterocycles. The Hall–Kier alpha value is -0.410. The molecule has 1 aliphatic rings. The van der Waals surface area contributed by atoms with Crippen LogP contribution in [0.15, 0.2) is 40.9 Å². The number of benzene rings is 2. The third-order valence-corrected chi connectivity index (χ3v) is 5.69. The second-order valence-electron chi connectivity index (χ2n) is 5.23.